The largest absolute Gasteiger partial charge is 0.312 e. The molecule has 15 heavy (non-hydrogen) atoms. The Hall–Kier alpha value is -0.340. The maximum absolute atomic E-state index is 3.49. The number of halogens is 1. The molecule has 0 saturated carbocycles. The predicted octanol–water partition coefficient (Wildman–Crippen LogP) is 3.89. The molecular formula is C13H20BrN. The molecule has 0 unspecified atom stereocenters. The van der Waals surface area contributed by atoms with Crippen molar-refractivity contribution in [2.24, 2.45) is 5.41 Å². The minimum absolute atomic E-state index is 0.350. The smallest absolute Gasteiger partial charge is 0.0208 e. The minimum Gasteiger partial charge on any atom is -0.312 e. The van der Waals surface area contributed by atoms with Gasteiger partial charge in [0.2, 0.25) is 0 Å². The number of hydrogen-bond acceptors (Lipinski definition) is 1. The highest BCUT2D eigenvalue weighted by atomic mass is 79.9. The van der Waals surface area contributed by atoms with Gasteiger partial charge in [-0.1, -0.05) is 42.8 Å². The molecule has 0 spiro atoms. The summed E-state index contributed by atoms with van der Waals surface area (Å²) in [6.07, 6.45) is 0. The van der Waals surface area contributed by atoms with Gasteiger partial charge in [-0.3, -0.25) is 0 Å². The third-order valence-electron chi connectivity index (χ3n) is 2.28. The Bertz CT molecular complexity index is 326. The van der Waals surface area contributed by atoms with Crippen LogP contribution in [0.4, 0.5) is 0 Å². The number of nitrogens with one attached hydrogen (secondary N) is 1. The second-order valence-corrected chi connectivity index (χ2v) is 6.15. The van der Waals surface area contributed by atoms with Gasteiger partial charge in [0.05, 0.1) is 0 Å². The van der Waals surface area contributed by atoms with Crippen molar-refractivity contribution >= 4 is 15.9 Å². The molecule has 1 aromatic rings. The molecule has 1 nitrogen and oxygen atoms in total. The van der Waals surface area contributed by atoms with Crippen molar-refractivity contribution in [3.05, 3.63) is 33.8 Å². The van der Waals surface area contributed by atoms with E-state index in [1.807, 2.05) is 0 Å². The average molecular weight is 270 g/mol. The fraction of sp³-hybridized carbons (Fsp3) is 0.538. The van der Waals surface area contributed by atoms with E-state index in [1.165, 1.54) is 11.1 Å². The molecule has 0 heterocycles. The van der Waals surface area contributed by atoms with Gasteiger partial charge in [0.15, 0.2) is 0 Å². The lowest BCUT2D eigenvalue weighted by Gasteiger charge is -2.19. The van der Waals surface area contributed by atoms with Gasteiger partial charge in [-0.2, -0.15) is 0 Å². The van der Waals surface area contributed by atoms with Crippen LogP contribution in [0.5, 0.6) is 0 Å². The van der Waals surface area contributed by atoms with Crippen LogP contribution in [0.25, 0.3) is 0 Å². The van der Waals surface area contributed by atoms with Crippen molar-refractivity contribution < 1.29 is 0 Å². The van der Waals surface area contributed by atoms with E-state index in [1.54, 1.807) is 0 Å². The molecule has 1 rings (SSSR count). The molecule has 1 N–H and O–H groups in total. The molecule has 0 fully saturated rings. The topological polar surface area (TPSA) is 12.0 Å². The van der Waals surface area contributed by atoms with Crippen LogP contribution in [0, 0.1) is 12.3 Å². The van der Waals surface area contributed by atoms with E-state index in [-0.39, 0.29) is 0 Å². The molecule has 0 radical (unpaired) electrons. The second kappa shape index (κ2) is 5.13. The zero-order chi connectivity index (χ0) is 11.5. The summed E-state index contributed by atoms with van der Waals surface area (Å²) in [6, 6.07) is 6.43. The van der Waals surface area contributed by atoms with Gasteiger partial charge in [0, 0.05) is 17.6 Å². The van der Waals surface area contributed by atoms with E-state index in [0.29, 0.717) is 5.41 Å². The maximum atomic E-state index is 3.49. The van der Waals surface area contributed by atoms with Crippen LogP contribution < -0.4 is 5.32 Å². The van der Waals surface area contributed by atoms with Crippen LogP contribution in [-0.4, -0.2) is 6.54 Å². The molecule has 0 bridgehead atoms. The first-order chi connectivity index (χ1) is 6.88. The number of hydrogen-bond donors (Lipinski definition) is 1. The van der Waals surface area contributed by atoms with Crippen molar-refractivity contribution in [2.75, 3.05) is 6.54 Å². The Kier molecular flexibility index (Phi) is 4.35. The SMILES string of the molecule is Cc1cc(Br)ccc1CNCC(C)(C)C. The fourth-order valence-electron chi connectivity index (χ4n) is 1.43. The molecule has 0 atom stereocenters. The van der Waals surface area contributed by atoms with Gasteiger partial charge >= 0.3 is 0 Å². The Morgan fingerprint density at radius 2 is 1.93 bits per heavy atom. The van der Waals surface area contributed by atoms with Gasteiger partial charge in [-0.15, -0.1) is 0 Å². The van der Waals surface area contributed by atoms with Crippen LogP contribution in [0.3, 0.4) is 0 Å². The Morgan fingerprint density at radius 3 is 2.47 bits per heavy atom. The highest BCUT2D eigenvalue weighted by Gasteiger charge is 2.09. The first kappa shape index (κ1) is 12.7. The highest BCUT2D eigenvalue weighted by molar-refractivity contribution is 9.10. The van der Waals surface area contributed by atoms with Gasteiger partial charge in [0.1, 0.15) is 0 Å². The Morgan fingerprint density at radius 1 is 1.27 bits per heavy atom. The minimum atomic E-state index is 0.350. The molecule has 0 amide bonds. The zero-order valence-electron chi connectivity index (χ0n) is 10.0. The lowest BCUT2D eigenvalue weighted by atomic mass is 9.97. The molecule has 0 aliphatic carbocycles. The summed E-state index contributed by atoms with van der Waals surface area (Å²) in [5, 5.41) is 3.49. The molecule has 0 aliphatic rings. The molecule has 0 aromatic heterocycles. The molecule has 0 saturated heterocycles. The van der Waals surface area contributed by atoms with Crippen LogP contribution in [0.2, 0.25) is 0 Å². The van der Waals surface area contributed by atoms with Gasteiger partial charge in [0.25, 0.3) is 0 Å². The van der Waals surface area contributed by atoms with Crippen molar-refractivity contribution in [3.8, 4) is 0 Å². The van der Waals surface area contributed by atoms with Crippen LogP contribution >= 0.6 is 15.9 Å². The van der Waals surface area contributed by atoms with Crippen LogP contribution in [-0.2, 0) is 6.54 Å². The van der Waals surface area contributed by atoms with Gasteiger partial charge < -0.3 is 5.32 Å². The normalized spacial score (nSPS) is 11.8. The Labute approximate surface area is 101 Å². The second-order valence-electron chi connectivity index (χ2n) is 5.24. The predicted molar refractivity (Wildman–Crippen MR) is 70.0 cm³/mol. The number of benzene rings is 1. The van der Waals surface area contributed by atoms with E-state index >= 15 is 0 Å². The Balaban J connectivity index is 2.51. The standard InChI is InChI=1S/C13H20BrN/c1-10-7-12(14)6-5-11(10)8-15-9-13(2,3)4/h5-7,15H,8-9H2,1-4H3. The number of rotatable bonds is 3. The van der Waals surface area contributed by atoms with Crippen molar-refractivity contribution in [2.45, 2.75) is 34.2 Å². The summed E-state index contributed by atoms with van der Waals surface area (Å²) in [7, 11) is 0. The van der Waals surface area contributed by atoms with Crippen LogP contribution in [0.15, 0.2) is 22.7 Å². The average Bonchev–Trinajstić information content (AvgIpc) is 2.07. The van der Waals surface area contributed by atoms with Crippen molar-refractivity contribution in [1.29, 1.82) is 0 Å². The van der Waals surface area contributed by atoms with Gasteiger partial charge in [-0.05, 0) is 35.6 Å². The summed E-state index contributed by atoms with van der Waals surface area (Å²) in [4.78, 5) is 0. The van der Waals surface area contributed by atoms with E-state index in [9.17, 15) is 0 Å². The third-order valence-corrected chi connectivity index (χ3v) is 2.77. The lowest BCUT2D eigenvalue weighted by Crippen LogP contribution is -2.26. The summed E-state index contributed by atoms with van der Waals surface area (Å²) in [5.41, 5.74) is 3.07. The maximum Gasteiger partial charge on any atom is 0.0208 e. The van der Waals surface area contributed by atoms with Crippen molar-refractivity contribution in [1.82, 2.24) is 5.32 Å². The first-order valence-electron chi connectivity index (χ1n) is 5.34. The summed E-state index contributed by atoms with van der Waals surface area (Å²) >= 11 is 3.48. The van der Waals surface area contributed by atoms with Gasteiger partial charge in [-0.25, -0.2) is 0 Å². The quantitative estimate of drug-likeness (QED) is 0.878. The lowest BCUT2D eigenvalue weighted by molar-refractivity contribution is 0.379. The molecular weight excluding hydrogens is 250 g/mol. The third kappa shape index (κ3) is 4.80. The van der Waals surface area contributed by atoms with E-state index in [0.717, 1.165) is 17.6 Å². The molecule has 1 aromatic carbocycles. The fourth-order valence-corrected chi connectivity index (χ4v) is 1.91. The van der Waals surface area contributed by atoms with E-state index < -0.39 is 0 Å². The monoisotopic (exact) mass is 269 g/mol. The molecule has 84 valence electrons. The number of aryl methyl sites for hydroxylation is 1. The van der Waals surface area contributed by atoms with E-state index in [4.69, 9.17) is 0 Å². The summed E-state index contributed by atoms with van der Waals surface area (Å²) in [5.74, 6) is 0. The van der Waals surface area contributed by atoms with E-state index in [2.05, 4.69) is 67.1 Å². The zero-order valence-corrected chi connectivity index (χ0v) is 11.6. The highest BCUT2D eigenvalue weighted by Crippen LogP contribution is 2.16. The van der Waals surface area contributed by atoms with Crippen LogP contribution in [0.1, 0.15) is 31.9 Å². The summed E-state index contributed by atoms with van der Waals surface area (Å²) < 4.78 is 1.15. The first-order valence-corrected chi connectivity index (χ1v) is 6.13. The summed E-state index contributed by atoms with van der Waals surface area (Å²) in [6.45, 7) is 10.9. The molecule has 0 aliphatic heterocycles. The van der Waals surface area contributed by atoms with Crippen molar-refractivity contribution in [3.63, 3.8) is 0 Å². The molecule has 2 heteroatoms.